The Kier molecular flexibility index (Phi) is 4.58. The second kappa shape index (κ2) is 6.60. The number of rotatable bonds is 6. The number of piperidine rings is 1. The molecule has 0 spiro atoms. The summed E-state index contributed by atoms with van der Waals surface area (Å²) in [4.78, 5) is 18.9. The van der Waals surface area contributed by atoms with Gasteiger partial charge in [0, 0.05) is 38.1 Å². The topological polar surface area (TPSA) is 50.2 Å². The molecule has 21 heavy (non-hydrogen) atoms. The Labute approximate surface area is 126 Å². The lowest BCUT2D eigenvalue weighted by Crippen LogP contribution is -2.45. The van der Waals surface area contributed by atoms with Gasteiger partial charge in [-0.2, -0.15) is 0 Å². The van der Waals surface area contributed by atoms with Crippen molar-refractivity contribution < 1.29 is 0 Å². The molecule has 0 bridgehead atoms. The standard InChI is InChI=1S/C16H26N4O/c1-2-8-20-11-7-17-15(16(20)21)19-9-5-14(6-10-19)18-12-13-3-4-13/h7,11,13-14,18H,2-6,8-10,12H2,1H3. The summed E-state index contributed by atoms with van der Waals surface area (Å²) < 4.78 is 1.78. The molecule has 1 saturated heterocycles. The Morgan fingerprint density at radius 1 is 1.29 bits per heavy atom. The lowest BCUT2D eigenvalue weighted by Gasteiger charge is -2.33. The normalized spacial score (nSPS) is 20.0. The molecule has 2 aliphatic rings. The van der Waals surface area contributed by atoms with Gasteiger partial charge in [-0.3, -0.25) is 4.79 Å². The second-order valence-electron chi connectivity index (χ2n) is 6.36. The molecule has 5 heteroatoms. The summed E-state index contributed by atoms with van der Waals surface area (Å²) in [5.41, 5.74) is 0.0590. The molecule has 1 aliphatic carbocycles. The molecular formula is C16H26N4O. The maximum Gasteiger partial charge on any atom is 0.293 e. The van der Waals surface area contributed by atoms with Gasteiger partial charge in [0.05, 0.1) is 0 Å². The van der Waals surface area contributed by atoms with E-state index in [9.17, 15) is 4.79 Å². The Morgan fingerprint density at radius 3 is 2.71 bits per heavy atom. The fourth-order valence-corrected chi connectivity index (χ4v) is 3.02. The van der Waals surface area contributed by atoms with E-state index in [0.29, 0.717) is 11.9 Å². The summed E-state index contributed by atoms with van der Waals surface area (Å²) in [7, 11) is 0. The van der Waals surface area contributed by atoms with Crippen molar-refractivity contribution >= 4 is 5.82 Å². The third kappa shape index (κ3) is 3.64. The highest BCUT2D eigenvalue weighted by atomic mass is 16.1. The third-order valence-electron chi connectivity index (χ3n) is 4.55. The van der Waals surface area contributed by atoms with Crippen LogP contribution in [0.5, 0.6) is 0 Å². The molecule has 1 aliphatic heterocycles. The maximum absolute atomic E-state index is 12.4. The number of anilines is 1. The highest BCUT2D eigenvalue weighted by Gasteiger charge is 2.25. The van der Waals surface area contributed by atoms with Crippen molar-refractivity contribution in [1.29, 1.82) is 0 Å². The average molecular weight is 290 g/mol. The van der Waals surface area contributed by atoms with Crippen LogP contribution in [0, 0.1) is 5.92 Å². The quantitative estimate of drug-likeness (QED) is 0.865. The lowest BCUT2D eigenvalue weighted by molar-refractivity contribution is 0.406. The average Bonchev–Trinajstić information content (AvgIpc) is 3.33. The minimum absolute atomic E-state index is 0.0590. The van der Waals surface area contributed by atoms with Crippen LogP contribution in [0.1, 0.15) is 39.0 Å². The summed E-state index contributed by atoms with van der Waals surface area (Å²) in [5.74, 6) is 1.56. The van der Waals surface area contributed by atoms with Crippen molar-refractivity contribution in [3.63, 3.8) is 0 Å². The van der Waals surface area contributed by atoms with E-state index >= 15 is 0 Å². The van der Waals surface area contributed by atoms with Crippen LogP contribution in [0.15, 0.2) is 17.2 Å². The second-order valence-corrected chi connectivity index (χ2v) is 6.36. The monoisotopic (exact) mass is 290 g/mol. The van der Waals surface area contributed by atoms with E-state index in [1.807, 2.05) is 0 Å². The van der Waals surface area contributed by atoms with E-state index in [0.717, 1.165) is 44.8 Å². The van der Waals surface area contributed by atoms with Crippen LogP contribution in [0.2, 0.25) is 0 Å². The minimum Gasteiger partial charge on any atom is -0.352 e. The van der Waals surface area contributed by atoms with E-state index in [1.54, 1.807) is 17.0 Å². The molecule has 1 N–H and O–H groups in total. The zero-order valence-corrected chi connectivity index (χ0v) is 12.9. The van der Waals surface area contributed by atoms with Gasteiger partial charge >= 0.3 is 0 Å². The van der Waals surface area contributed by atoms with Crippen LogP contribution in [-0.4, -0.2) is 35.2 Å². The van der Waals surface area contributed by atoms with Gasteiger partial charge in [0.2, 0.25) is 0 Å². The van der Waals surface area contributed by atoms with Crippen molar-refractivity contribution in [3.05, 3.63) is 22.7 Å². The summed E-state index contributed by atoms with van der Waals surface area (Å²) in [6, 6.07) is 0.614. The lowest BCUT2D eigenvalue weighted by atomic mass is 10.0. The summed E-state index contributed by atoms with van der Waals surface area (Å²) in [5, 5.41) is 3.67. The van der Waals surface area contributed by atoms with Gasteiger partial charge in [-0.15, -0.1) is 0 Å². The molecule has 2 fully saturated rings. The molecule has 1 saturated carbocycles. The van der Waals surface area contributed by atoms with E-state index in [1.165, 1.54) is 19.4 Å². The Bertz CT molecular complexity index is 515. The number of hydrogen-bond donors (Lipinski definition) is 1. The molecule has 0 radical (unpaired) electrons. The van der Waals surface area contributed by atoms with Crippen molar-refractivity contribution in [3.8, 4) is 0 Å². The van der Waals surface area contributed by atoms with Gasteiger partial charge in [-0.25, -0.2) is 4.98 Å². The van der Waals surface area contributed by atoms with Gasteiger partial charge < -0.3 is 14.8 Å². The van der Waals surface area contributed by atoms with E-state index in [4.69, 9.17) is 0 Å². The number of hydrogen-bond acceptors (Lipinski definition) is 4. The molecule has 3 rings (SSSR count). The minimum atomic E-state index is 0.0590. The van der Waals surface area contributed by atoms with Crippen LogP contribution >= 0.6 is 0 Å². The number of aromatic nitrogens is 2. The van der Waals surface area contributed by atoms with Crippen molar-refractivity contribution in [2.24, 2.45) is 5.92 Å². The predicted octanol–water partition coefficient (Wildman–Crippen LogP) is 1.62. The Balaban J connectivity index is 1.58. The molecule has 0 unspecified atom stereocenters. The zero-order valence-electron chi connectivity index (χ0n) is 12.9. The molecular weight excluding hydrogens is 264 g/mol. The highest BCUT2D eigenvalue weighted by molar-refractivity contribution is 5.36. The predicted molar refractivity (Wildman–Crippen MR) is 84.7 cm³/mol. The molecule has 0 atom stereocenters. The first kappa shape index (κ1) is 14.6. The van der Waals surface area contributed by atoms with Crippen LogP contribution in [0.25, 0.3) is 0 Å². The van der Waals surface area contributed by atoms with Crippen LogP contribution in [-0.2, 0) is 6.54 Å². The molecule has 2 heterocycles. The fourth-order valence-electron chi connectivity index (χ4n) is 3.02. The number of nitrogens with zero attached hydrogens (tertiary/aromatic N) is 3. The van der Waals surface area contributed by atoms with Crippen LogP contribution in [0.3, 0.4) is 0 Å². The fraction of sp³-hybridized carbons (Fsp3) is 0.750. The molecule has 116 valence electrons. The van der Waals surface area contributed by atoms with Gasteiger partial charge in [0.25, 0.3) is 5.56 Å². The molecule has 0 aromatic carbocycles. The summed E-state index contributed by atoms with van der Waals surface area (Å²) >= 11 is 0. The van der Waals surface area contributed by atoms with Crippen molar-refractivity contribution in [2.45, 2.75) is 51.6 Å². The smallest absolute Gasteiger partial charge is 0.293 e. The van der Waals surface area contributed by atoms with E-state index < -0.39 is 0 Å². The van der Waals surface area contributed by atoms with Gasteiger partial charge in [0.1, 0.15) is 0 Å². The van der Waals surface area contributed by atoms with Gasteiger partial charge in [-0.05, 0) is 44.6 Å². The van der Waals surface area contributed by atoms with Gasteiger partial charge in [-0.1, -0.05) is 6.92 Å². The number of nitrogens with one attached hydrogen (secondary N) is 1. The summed E-state index contributed by atoms with van der Waals surface area (Å²) in [6.07, 6.45) is 9.53. The van der Waals surface area contributed by atoms with E-state index in [2.05, 4.69) is 22.1 Å². The van der Waals surface area contributed by atoms with E-state index in [-0.39, 0.29) is 5.56 Å². The Morgan fingerprint density at radius 2 is 2.05 bits per heavy atom. The van der Waals surface area contributed by atoms with Gasteiger partial charge in [0.15, 0.2) is 5.82 Å². The Hall–Kier alpha value is -1.36. The van der Waals surface area contributed by atoms with Crippen LogP contribution in [0.4, 0.5) is 5.82 Å². The first-order valence-electron chi connectivity index (χ1n) is 8.31. The largest absolute Gasteiger partial charge is 0.352 e. The molecule has 1 aromatic heterocycles. The zero-order chi connectivity index (χ0) is 14.7. The van der Waals surface area contributed by atoms with Crippen molar-refractivity contribution in [2.75, 3.05) is 24.5 Å². The first-order valence-corrected chi connectivity index (χ1v) is 8.31. The SMILES string of the molecule is CCCn1ccnc(N2CCC(NCC3CC3)CC2)c1=O. The highest BCUT2D eigenvalue weighted by Crippen LogP contribution is 2.28. The third-order valence-corrected chi connectivity index (χ3v) is 4.55. The maximum atomic E-state index is 12.4. The number of aryl methyl sites for hydroxylation is 1. The first-order chi connectivity index (χ1) is 10.3. The summed E-state index contributed by atoms with van der Waals surface area (Å²) in [6.45, 7) is 5.90. The molecule has 1 aromatic rings. The van der Waals surface area contributed by atoms with Crippen molar-refractivity contribution in [1.82, 2.24) is 14.9 Å². The molecule has 0 amide bonds. The molecule has 5 nitrogen and oxygen atoms in total. The van der Waals surface area contributed by atoms with Crippen LogP contribution < -0.4 is 15.8 Å².